The second kappa shape index (κ2) is 7.83. The molecule has 0 aromatic heterocycles. The highest BCUT2D eigenvalue weighted by Gasteiger charge is 2.41. The lowest BCUT2D eigenvalue weighted by molar-refractivity contribution is -0.130. The van der Waals surface area contributed by atoms with Crippen molar-refractivity contribution in [3.05, 3.63) is 59.2 Å². The normalized spacial score (nSPS) is 19.6. The largest absolute Gasteiger partial charge is 0.351 e. The van der Waals surface area contributed by atoms with Crippen molar-refractivity contribution in [3.8, 4) is 0 Å². The van der Waals surface area contributed by atoms with Crippen LogP contribution in [0.1, 0.15) is 63.0 Å². The van der Waals surface area contributed by atoms with Gasteiger partial charge in [0.1, 0.15) is 0 Å². The smallest absolute Gasteiger partial charge is 0.230 e. The Balaban J connectivity index is 1.71. The number of hydrogen-bond donors (Lipinski definition) is 1. The van der Waals surface area contributed by atoms with Gasteiger partial charge in [0.15, 0.2) is 0 Å². The lowest BCUT2D eigenvalue weighted by Crippen LogP contribution is -2.43. The standard InChI is InChI=1S/C22H29NO/c1-2-18-11-13-19(14-12-18)17-23-21(24)22(15-7-4-8-16-22)20-9-5-3-6-10-20/h5,9-14H,2-4,6-8,15-17H2,1H3,(H,23,24). The fourth-order valence-corrected chi connectivity index (χ4v) is 4.01. The van der Waals surface area contributed by atoms with Crippen LogP contribution in [0.15, 0.2) is 48.1 Å². The number of nitrogens with one attached hydrogen (secondary N) is 1. The fourth-order valence-electron chi connectivity index (χ4n) is 4.01. The molecule has 3 rings (SSSR count). The van der Waals surface area contributed by atoms with E-state index in [9.17, 15) is 4.79 Å². The summed E-state index contributed by atoms with van der Waals surface area (Å²) in [5.41, 5.74) is 3.48. The molecule has 0 bridgehead atoms. The Morgan fingerprint density at radius 3 is 2.38 bits per heavy atom. The quantitative estimate of drug-likeness (QED) is 0.803. The first-order valence-electron chi connectivity index (χ1n) is 9.48. The molecule has 1 amide bonds. The minimum Gasteiger partial charge on any atom is -0.351 e. The first kappa shape index (κ1) is 17.0. The zero-order chi connectivity index (χ0) is 16.8. The first-order chi connectivity index (χ1) is 11.7. The molecule has 1 fully saturated rings. The third-order valence-corrected chi connectivity index (χ3v) is 5.57. The summed E-state index contributed by atoms with van der Waals surface area (Å²) in [5.74, 6) is 0.222. The monoisotopic (exact) mass is 323 g/mol. The average molecular weight is 323 g/mol. The minimum absolute atomic E-state index is 0.222. The molecular weight excluding hydrogens is 294 g/mol. The molecule has 2 nitrogen and oxygen atoms in total. The SMILES string of the molecule is CCc1ccc(CNC(=O)C2(C3=CCCC=C3)CCCCC2)cc1. The van der Waals surface area contributed by atoms with Gasteiger partial charge in [-0.3, -0.25) is 4.79 Å². The molecular formula is C22H29NO. The molecule has 128 valence electrons. The van der Waals surface area contributed by atoms with Gasteiger partial charge in [0.05, 0.1) is 5.41 Å². The zero-order valence-electron chi connectivity index (χ0n) is 14.8. The predicted octanol–water partition coefficient (Wildman–Crippen LogP) is 5.09. The molecule has 0 spiro atoms. The Hall–Kier alpha value is -1.83. The highest BCUT2D eigenvalue weighted by molar-refractivity contribution is 5.86. The molecule has 1 saturated carbocycles. The van der Waals surface area contributed by atoms with Gasteiger partial charge in [-0.15, -0.1) is 0 Å². The molecule has 0 heterocycles. The Morgan fingerprint density at radius 1 is 1.04 bits per heavy atom. The van der Waals surface area contributed by atoms with E-state index in [1.807, 2.05) is 0 Å². The van der Waals surface area contributed by atoms with Gasteiger partial charge in [-0.25, -0.2) is 0 Å². The van der Waals surface area contributed by atoms with Crippen molar-refractivity contribution in [2.75, 3.05) is 0 Å². The summed E-state index contributed by atoms with van der Waals surface area (Å²) in [6.45, 7) is 2.79. The number of carbonyl (C=O) groups is 1. The van der Waals surface area contributed by atoms with Crippen molar-refractivity contribution >= 4 is 5.91 Å². The summed E-state index contributed by atoms with van der Waals surface area (Å²) in [4.78, 5) is 13.1. The molecule has 0 atom stereocenters. The van der Waals surface area contributed by atoms with Crippen LogP contribution in [0.5, 0.6) is 0 Å². The Bertz CT molecular complexity index is 618. The van der Waals surface area contributed by atoms with Gasteiger partial charge >= 0.3 is 0 Å². The lowest BCUT2D eigenvalue weighted by Gasteiger charge is -2.38. The van der Waals surface area contributed by atoms with Crippen molar-refractivity contribution in [1.29, 1.82) is 0 Å². The molecule has 2 aliphatic rings. The highest BCUT2D eigenvalue weighted by Crippen LogP contribution is 2.44. The van der Waals surface area contributed by atoms with E-state index >= 15 is 0 Å². The van der Waals surface area contributed by atoms with E-state index in [2.05, 4.69) is 54.7 Å². The van der Waals surface area contributed by atoms with E-state index in [1.54, 1.807) is 0 Å². The Labute approximate surface area is 146 Å². The van der Waals surface area contributed by atoms with Gasteiger partial charge in [-0.1, -0.05) is 68.7 Å². The number of carbonyl (C=O) groups excluding carboxylic acids is 1. The number of rotatable bonds is 5. The van der Waals surface area contributed by atoms with E-state index in [4.69, 9.17) is 0 Å². The van der Waals surface area contributed by atoms with E-state index in [0.29, 0.717) is 6.54 Å². The number of aryl methyl sites for hydroxylation is 1. The molecule has 0 saturated heterocycles. The van der Waals surface area contributed by atoms with Crippen molar-refractivity contribution in [2.24, 2.45) is 5.41 Å². The molecule has 0 radical (unpaired) electrons. The van der Waals surface area contributed by atoms with Gasteiger partial charge in [0.25, 0.3) is 0 Å². The molecule has 2 aliphatic carbocycles. The van der Waals surface area contributed by atoms with Gasteiger partial charge in [0, 0.05) is 6.54 Å². The summed E-state index contributed by atoms with van der Waals surface area (Å²) in [6, 6.07) is 8.58. The van der Waals surface area contributed by atoms with Crippen LogP contribution in [0.3, 0.4) is 0 Å². The Kier molecular flexibility index (Phi) is 5.55. The van der Waals surface area contributed by atoms with Gasteiger partial charge < -0.3 is 5.32 Å². The van der Waals surface area contributed by atoms with E-state index < -0.39 is 0 Å². The van der Waals surface area contributed by atoms with Crippen LogP contribution in [0.25, 0.3) is 0 Å². The van der Waals surface area contributed by atoms with Crippen LogP contribution in [-0.4, -0.2) is 5.91 Å². The van der Waals surface area contributed by atoms with E-state index in [-0.39, 0.29) is 11.3 Å². The maximum absolute atomic E-state index is 13.1. The highest BCUT2D eigenvalue weighted by atomic mass is 16.2. The van der Waals surface area contributed by atoms with Gasteiger partial charge in [-0.2, -0.15) is 0 Å². The summed E-state index contributed by atoms with van der Waals surface area (Å²) in [5, 5.41) is 3.23. The summed E-state index contributed by atoms with van der Waals surface area (Å²) < 4.78 is 0. The number of allylic oxidation sites excluding steroid dienone is 3. The number of hydrogen-bond acceptors (Lipinski definition) is 1. The van der Waals surface area contributed by atoms with E-state index in [1.165, 1.54) is 23.1 Å². The summed E-state index contributed by atoms with van der Waals surface area (Å²) >= 11 is 0. The number of amides is 1. The first-order valence-corrected chi connectivity index (χ1v) is 9.48. The molecule has 1 aromatic carbocycles. The second-order valence-electron chi connectivity index (χ2n) is 7.13. The third-order valence-electron chi connectivity index (χ3n) is 5.57. The molecule has 1 aromatic rings. The minimum atomic E-state index is -0.293. The summed E-state index contributed by atoms with van der Waals surface area (Å²) in [6.07, 6.45) is 15.5. The van der Waals surface area contributed by atoms with Gasteiger partial charge in [-0.05, 0) is 48.8 Å². The maximum atomic E-state index is 13.1. The van der Waals surface area contributed by atoms with Crippen molar-refractivity contribution in [1.82, 2.24) is 5.32 Å². The topological polar surface area (TPSA) is 29.1 Å². The zero-order valence-corrected chi connectivity index (χ0v) is 14.8. The van der Waals surface area contributed by atoms with Crippen LogP contribution in [-0.2, 0) is 17.8 Å². The van der Waals surface area contributed by atoms with Crippen LogP contribution in [0.4, 0.5) is 0 Å². The Morgan fingerprint density at radius 2 is 1.75 bits per heavy atom. The summed E-state index contributed by atoms with van der Waals surface area (Å²) in [7, 11) is 0. The second-order valence-corrected chi connectivity index (χ2v) is 7.13. The lowest BCUT2D eigenvalue weighted by atomic mass is 9.67. The van der Waals surface area contributed by atoms with Crippen molar-refractivity contribution in [2.45, 2.75) is 64.8 Å². The van der Waals surface area contributed by atoms with Crippen molar-refractivity contribution < 1.29 is 4.79 Å². The molecule has 1 N–H and O–H groups in total. The van der Waals surface area contributed by atoms with Crippen LogP contribution in [0, 0.1) is 5.41 Å². The average Bonchev–Trinajstić information content (AvgIpc) is 2.67. The van der Waals surface area contributed by atoms with Crippen molar-refractivity contribution in [3.63, 3.8) is 0 Å². The predicted molar refractivity (Wildman–Crippen MR) is 99.6 cm³/mol. The van der Waals surface area contributed by atoms with Crippen LogP contribution < -0.4 is 5.32 Å². The van der Waals surface area contributed by atoms with Crippen LogP contribution >= 0.6 is 0 Å². The molecule has 2 heteroatoms. The van der Waals surface area contributed by atoms with E-state index in [0.717, 1.165) is 44.9 Å². The van der Waals surface area contributed by atoms with Crippen LogP contribution in [0.2, 0.25) is 0 Å². The maximum Gasteiger partial charge on any atom is 0.230 e. The number of benzene rings is 1. The molecule has 0 unspecified atom stereocenters. The fraction of sp³-hybridized carbons (Fsp3) is 0.500. The van der Waals surface area contributed by atoms with Gasteiger partial charge in [0.2, 0.25) is 5.91 Å². The third kappa shape index (κ3) is 3.63. The molecule has 0 aliphatic heterocycles. The molecule has 24 heavy (non-hydrogen) atoms.